The largest absolute Gasteiger partial charge is 0.322 e. The van der Waals surface area contributed by atoms with Crippen molar-refractivity contribution in [3.8, 4) is 0 Å². The SMILES string of the molecule is CCCn1ncc(Br)c1C(N)C1(C)CCCCC1. The summed E-state index contributed by atoms with van der Waals surface area (Å²) in [7, 11) is 0. The topological polar surface area (TPSA) is 43.8 Å². The Labute approximate surface area is 118 Å². The van der Waals surface area contributed by atoms with Gasteiger partial charge in [0, 0.05) is 6.54 Å². The Hall–Kier alpha value is -0.350. The minimum atomic E-state index is 0.0845. The number of hydrogen-bond donors (Lipinski definition) is 1. The molecule has 1 aliphatic carbocycles. The van der Waals surface area contributed by atoms with Gasteiger partial charge in [-0.05, 0) is 40.6 Å². The molecule has 1 heterocycles. The molecule has 102 valence electrons. The molecule has 1 aromatic heterocycles. The normalized spacial score (nSPS) is 20.9. The predicted octanol–water partition coefficient (Wildman–Crippen LogP) is 4.03. The van der Waals surface area contributed by atoms with Gasteiger partial charge in [-0.3, -0.25) is 4.68 Å². The highest BCUT2D eigenvalue weighted by atomic mass is 79.9. The molecule has 0 aliphatic heterocycles. The van der Waals surface area contributed by atoms with Gasteiger partial charge >= 0.3 is 0 Å². The van der Waals surface area contributed by atoms with Gasteiger partial charge in [-0.2, -0.15) is 5.10 Å². The molecule has 0 aromatic carbocycles. The first-order valence-corrected chi connectivity index (χ1v) is 7.84. The zero-order valence-electron chi connectivity index (χ0n) is 11.5. The van der Waals surface area contributed by atoms with Crippen LogP contribution in [0.25, 0.3) is 0 Å². The van der Waals surface area contributed by atoms with Crippen LogP contribution in [0.15, 0.2) is 10.7 Å². The molecular weight excluding hydrogens is 290 g/mol. The van der Waals surface area contributed by atoms with E-state index >= 15 is 0 Å². The number of aromatic nitrogens is 2. The van der Waals surface area contributed by atoms with Crippen molar-refractivity contribution in [3.05, 3.63) is 16.4 Å². The van der Waals surface area contributed by atoms with Gasteiger partial charge in [0.15, 0.2) is 0 Å². The van der Waals surface area contributed by atoms with Gasteiger partial charge in [-0.25, -0.2) is 0 Å². The number of rotatable bonds is 4. The van der Waals surface area contributed by atoms with Gasteiger partial charge in [0.25, 0.3) is 0 Å². The first-order chi connectivity index (χ1) is 8.58. The fourth-order valence-corrected chi connectivity index (χ4v) is 3.61. The molecule has 3 nitrogen and oxygen atoms in total. The number of hydrogen-bond acceptors (Lipinski definition) is 2. The third kappa shape index (κ3) is 2.64. The second-order valence-corrected chi connectivity index (χ2v) is 6.65. The van der Waals surface area contributed by atoms with Crippen molar-refractivity contribution < 1.29 is 0 Å². The highest BCUT2D eigenvalue weighted by molar-refractivity contribution is 9.10. The summed E-state index contributed by atoms with van der Waals surface area (Å²) >= 11 is 3.62. The van der Waals surface area contributed by atoms with Crippen LogP contribution in [-0.2, 0) is 6.54 Å². The van der Waals surface area contributed by atoms with Crippen LogP contribution in [0, 0.1) is 5.41 Å². The van der Waals surface area contributed by atoms with Gasteiger partial charge in [0.1, 0.15) is 0 Å². The number of aryl methyl sites for hydroxylation is 1. The molecule has 2 rings (SSSR count). The maximum atomic E-state index is 6.59. The summed E-state index contributed by atoms with van der Waals surface area (Å²) in [6.07, 6.45) is 9.42. The summed E-state index contributed by atoms with van der Waals surface area (Å²) in [5, 5.41) is 4.44. The monoisotopic (exact) mass is 313 g/mol. The second kappa shape index (κ2) is 5.74. The van der Waals surface area contributed by atoms with Crippen LogP contribution in [0.3, 0.4) is 0 Å². The Morgan fingerprint density at radius 2 is 2.11 bits per heavy atom. The first-order valence-electron chi connectivity index (χ1n) is 7.05. The lowest BCUT2D eigenvalue weighted by molar-refractivity contribution is 0.163. The second-order valence-electron chi connectivity index (χ2n) is 5.79. The summed E-state index contributed by atoms with van der Waals surface area (Å²) in [6.45, 7) is 5.46. The standard InChI is InChI=1S/C14H24BrN3/c1-3-9-18-12(11(15)10-17-18)13(16)14(2)7-5-4-6-8-14/h10,13H,3-9,16H2,1-2H3. The molecule has 0 saturated heterocycles. The molecule has 1 saturated carbocycles. The summed E-state index contributed by atoms with van der Waals surface area (Å²) in [5.74, 6) is 0. The molecule has 2 N–H and O–H groups in total. The molecular formula is C14H24BrN3. The molecule has 1 aromatic rings. The van der Waals surface area contributed by atoms with E-state index in [0.717, 1.165) is 17.4 Å². The number of halogens is 1. The summed E-state index contributed by atoms with van der Waals surface area (Å²) in [5.41, 5.74) is 8.00. The van der Waals surface area contributed by atoms with Crippen LogP contribution in [0.4, 0.5) is 0 Å². The van der Waals surface area contributed by atoms with Crippen molar-refractivity contribution in [1.82, 2.24) is 9.78 Å². The van der Waals surface area contributed by atoms with Crippen LogP contribution >= 0.6 is 15.9 Å². The molecule has 18 heavy (non-hydrogen) atoms. The summed E-state index contributed by atoms with van der Waals surface area (Å²) < 4.78 is 3.14. The third-order valence-corrected chi connectivity index (χ3v) is 4.92. The highest BCUT2D eigenvalue weighted by Gasteiger charge is 2.36. The lowest BCUT2D eigenvalue weighted by atomic mass is 9.70. The molecule has 1 atom stereocenters. The summed E-state index contributed by atoms with van der Waals surface area (Å²) in [6, 6.07) is 0.0845. The Morgan fingerprint density at radius 1 is 1.44 bits per heavy atom. The van der Waals surface area contributed by atoms with E-state index < -0.39 is 0 Å². The zero-order valence-corrected chi connectivity index (χ0v) is 13.0. The van der Waals surface area contributed by atoms with Gasteiger partial charge < -0.3 is 5.73 Å². The van der Waals surface area contributed by atoms with E-state index in [0.29, 0.717) is 0 Å². The van der Waals surface area contributed by atoms with Crippen molar-refractivity contribution in [2.24, 2.45) is 11.1 Å². The Kier molecular flexibility index (Phi) is 4.49. The minimum absolute atomic E-state index is 0.0845. The molecule has 1 unspecified atom stereocenters. The fourth-order valence-electron chi connectivity index (χ4n) is 3.07. The Bertz CT molecular complexity index is 394. The van der Waals surface area contributed by atoms with E-state index in [1.807, 2.05) is 6.20 Å². The third-order valence-electron chi connectivity index (χ3n) is 4.31. The predicted molar refractivity (Wildman–Crippen MR) is 78.3 cm³/mol. The van der Waals surface area contributed by atoms with Gasteiger partial charge in [0.05, 0.1) is 22.4 Å². The highest BCUT2D eigenvalue weighted by Crippen LogP contribution is 2.45. The van der Waals surface area contributed by atoms with Gasteiger partial charge in [0.2, 0.25) is 0 Å². The minimum Gasteiger partial charge on any atom is -0.322 e. The van der Waals surface area contributed by atoms with Crippen molar-refractivity contribution in [1.29, 1.82) is 0 Å². The van der Waals surface area contributed by atoms with E-state index in [4.69, 9.17) is 5.73 Å². The van der Waals surface area contributed by atoms with Crippen LogP contribution in [0.5, 0.6) is 0 Å². The van der Waals surface area contributed by atoms with Crippen molar-refractivity contribution in [3.63, 3.8) is 0 Å². The van der Waals surface area contributed by atoms with Crippen molar-refractivity contribution >= 4 is 15.9 Å². The molecule has 0 bridgehead atoms. The maximum Gasteiger partial charge on any atom is 0.0699 e. The van der Waals surface area contributed by atoms with E-state index in [-0.39, 0.29) is 11.5 Å². The van der Waals surface area contributed by atoms with E-state index in [1.54, 1.807) is 0 Å². The zero-order chi connectivity index (χ0) is 13.2. The molecule has 1 aliphatic rings. The fraction of sp³-hybridized carbons (Fsp3) is 0.786. The number of nitrogens with zero attached hydrogens (tertiary/aromatic N) is 2. The maximum absolute atomic E-state index is 6.59. The van der Waals surface area contributed by atoms with Gasteiger partial charge in [-0.15, -0.1) is 0 Å². The van der Waals surface area contributed by atoms with Crippen LogP contribution in [-0.4, -0.2) is 9.78 Å². The molecule has 0 radical (unpaired) electrons. The smallest absolute Gasteiger partial charge is 0.0699 e. The molecule has 4 heteroatoms. The van der Waals surface area contributed by atoms with Crippen LogP contribution < -0.4 is 5.73 Å². The van der Waals surface area contributed by atoms with Crippen molar-refractivity contribution in [2.75, 3.05) is 0 Å². The molecule has 0 amide bonds. The van der Waals surface area contributed by atoms with E-state index in [2.05, 4.69) is 39.6 Å². The van der Waals surface area contributed by atoms with Crippen molar-refractivity contribution in [2.45, 2.75) is 65.0 Å². The Morgan fingerprint density at radius 3 is 2.72 bits per heavy atom. The van der Waals surface area contributed by atoms with Crippen LogP contribution in [0.1, 0.15) is 64.1 Å². The van der Waals surface area contributed by atoms with Crippen LogP contribution in [0.2, 0.25) is 0 Å². The quantitative estimate of drug-likeness (QED) is 0.912. The average molecular weight is 314 g/mol. The lowest BCUT2D eigenvalue weighted by Crippen LogP contribution is -2.35. The average Bonchev–Trinajstić information content (AvgIpc) is 2.71. The van der Waals surface area contributed by atoms with E-state index in [9.17, 15) is 0 Å². The lowest BCUT2D eigenvalue weighted by Gasteiger charge is -2.39. The first kappa shape index (κ1) is 14.1. The summed E-state index contributed by atoms with van der Waals surface area (Å²) in [4.78, 5) is 0. The Balaban J connectivity index is 2.26. The molecule has 1 fully saturated rings. The van der Waals surface area contributed by atoms with E-state index in [1.165, 1.54) is 37.8 Å². The molecule has 0 spiro atoms. The van der Waals surface area contributed by atoms with Gasteiger partial charge in [-0.1, -0.05) is 33.1 Å². The number of nitrogens with two attached hydrogens (primary N) is 1.